The van der Waals surface area contributed by atoms with Crippen LogP contribution in [-0.2, 0) is 15.7 Å². The smallest absolute Gasteiger partial charge is 0.416 e. The highest BCUT2D eigenvalue weighted by molar-refractivity contribution is 6.22. The van der Waals surface area contributed by atoms with Crippen molar-refractivity contribution in [2.45, 2.75) is 65.7 Å². The van der Waals surface area contributed by atoms with Crippen molar-refractivity contribution in [3.63, 3.8) is 0 Å². The van der Waals surface area contributed by atoms with Crippen molar-refractivity contribution in [2.24, 2.45) is 4.99 Å². The fourth-order valence-corrected chi connectivity index (χ4v) is 5.49. The van der Waals surface area contributed by atoms with Crippen LogP contribution >= 0.6 is 0 Å². The van der Waals surface area contributed by atoms with Gasteiger partial charge in [-0.15, -0.1) is 0 Å². The van der Waals surface area contributed by atoms with Gasteiger partial charge in [0.05, 0.1) is 17.9 Å². The van der Waals surface area contributed by atoms with Crippen LogP contribution in [0.15, 0.2) is 52.4 Å². The summed E-state index contributed by atoms with van der Waals surface area (Å²) in [5.41, 5.74) is 4.18. The second-order valence-electron chi connectivity index (χ2n) is 9.93. The van der Waals surface area contributed by atoms with Crippen molar-refractivity contribution in [3.8, 4) is 0 Å². The number of hydrogen-bond donors (Lipinski definition) is 1. The van der Waals surface area contributed by atoms with Crippen LogP contribution in [0.5, 0.6) is 0 Å². The molecule has 6 nitrogen and oxygen atoms in total. The average molecular weight is 530 g/mol. The average Bonchev–Trinajstić information content (AvgIpc) is 3.31. The first-order valence-electron chi connectivity index (χ1n) is 12.9. The van der Waals surface area contributed by atoms with E-state index in [4.69, 9.17) is 4.74 Å². The van der Waals surface area contributed by atoms with E-state index in [1.807, 2.05) is 13.8 Å². The Morgan fingerprint density at radius 2 is 1.82 bits per heavy atom. The minimum atomic E-state index is -4.33. The fraction of sp³-hybridized carbons (Fsp3) is 0.448. The van der Waals surface area contributed by atoms with Crippen LogP contribution in [0.4, 0.5) is 13.2 Å². The summed E-state index contributed by atoms with van der Waals surface area (Å²) in [5, 5.41) is 10.7. The number of carbonyl (C=O) groups excluding carboxylic acids is 1. The minimum absolute atomic E-state index is 0.0252. The number of rotatable bonds is 6. The number of hydrogen-bond acceptors (Lipinski definition) is 5. The predicted octanol–water partition coefficient (Wildman–Crippen LogP) is 6.71. The van der Waals surface area contributed by atoms with Crippen molar-refractivity contribution in [3.05, 3.63) is 75.4 Å². The van der Waals surface area contributed by atoms with E-state index in [9.17, 15) is 23.1 Å². The van der Waals surface area contributed by atoms with Gasteiger partial charge in [0, 0.05) is 36.6 Å². The molecular weight excluding hydrogens is 495 g/mol. The number of likely N-dealkylation sites (tertiary alicyclic amines) is 1. The summed E-state index contributed by atoms with van der Waals surface area (Å²) in [6.45, 7) is 11.4. The van der Waals surface area contributed by atoms with Crippen molar-refractivity contribution >= 4 is 17.8 Å². The van der Waals surface area contributed by atoms with Crippen LogP contribution in [-0.4, -0.2) is 46.0 Å². The molecule has 1 atom stereocenters. The van der Waals surface area contributed by atoms with Crippen molar-refractivity contribution in [1.82, 2.24) is 9.47 Å². The molecule has 9 heteroatoms. The lowest BCUT2D eigenvalue weighted by atomic mass is 9.99. The van der Waals surface area contributed by atoms with Crippen LogP contribution in [0.1, 0.15) is 73.8 Å². The number of carbonyl (C=O) groups is 1. The molecule has 0 aliphatic carbocycles. The molecule has 1 N–H and O–H groups in total. The van der Waals surface area contributed by atoms with Gasteiger partial charge < -0.3 is 14.4 Å². The van der Waals surface area contributed by atoms with Crippen LogP contribution in [0.3, 0.4) is 0 Å². The van der Waals surface area contributed by atoms with E-state index >= 15 is 0 Å². The third-order valence-electron chi connectivity index (χ3n) is 7.56. The topological polar surface area (TPSA) is 67.1 Å². The lowest BCUT2D eigenvalue weighted by molar-refractivity contribution is -0.138. The maximum Gasteiger partial charge on any atom is 0.416 e. The van der Waals surface area contributed by atoms with Gasteiger partial charge >= 0.3 is 12.1 Å². The Morgan fingerprint density at radius 3 is 2.39 bits per heavy atom. The third-order valence-corrected chi connectivity index (χ3v) is 7.56. The van der Waals surface area contributed by atoms with Crippen molar-refractivity contribution < 1.29 is 27.8 Å². The molecule has 0 spiro atoms. The molecule has 0 radical (unpaired) electrons. The Hall–Kier alpha value is -3.33. The number of alkyl halides is 3. The minimum Gasteiger partial charge on any atom is -0.505 e. The zero-order valence-corrected chi connectivity index (χ0v) is 22.4. The van der Waals surface area contributed by atoms with E-state index in [0.29, 0.717) is 11.4 Å². The second-order valence-corrected chi connectivity index (χ2v) is 9.93. The van der Waals surface area contributed by atoms with E-state index in [-0.39, 0.29) is 30.0 Å². The number of aromatic nitrogens is 1. The van der Waals surface area contributed by atoms with Gasteiger partial charge in [-0.25, -0.2) is 9.79 Å². The molecule has 2 aliphatic rings. The van der Waals surface area contributed by atoms with E-state index in [1.54, 1.807) is 32.1 Å². The first-order chi connectivity index (χ1) is 17.9. The molecule has 1 fully saturated rings. The molecular formula is C29H34F3N3O3. The summed E-state index contributed by atoms with van der Waals surface area (Å²) in [6, 6.07) is 7.82. The summed E-state index contributed by atoms with van der Waals surface area (Å²) in [6.07, 6.45) is -0.715. The van der Waals surface area contributed by atoms with Crippen LogP contribution in [0.25, 0.3) is 6.08 Å². The fourth-order valence-electron chi connectivity index (χ4n) is 5.49. The molecule has 1 aromatic carbocycles. The maximum absolute atomic E-state index is 12.9. The number of aliphatic imine (C=N–C) groups is 1. The van der Waals surface area contributed by atoms with Gasteiger partial charge in [0.2, 0.25) is 0 Å². The van der Waals surface area contributed by atoms with Gasteiger partial charge in [-0.2, -0.15) is 13.2 Å². The molecule has 1 saturated heterocycles. The van der Waals surface area contributed by atoms with E-state index < -0.39 is 17.7 Å². The lowest BCUT2D eigenvalue weighted by Gasteiger charge is -2.37. The molecule has 3 heterocycles. The summed E-state index contributed by atoms with van der Waals surface area (Å²) in [5.74, 6) is -0.756. The van der Waals surface area contributed by atoms with Gasteiger partial charge in [-0.1, -0.05) is 12.1 Å². The summed E-state index contributed by atoms with van der Waals surface area (Å²) < 4.78 is 46.1. The third kappa shape index (κ3) is 5.43. The zero-order valence-electron chi connectivity index (χ0n) is 22.4. The molecule has 0 bridgehead atoms. The lowest BCUT2D eigenvalue weighted by Crippen LogP contribution is -2.36. The molecule has 1 aromatic heterocycles. The Morgan fingerprint density at radius 1 is 1.18 bits per heavy atom. The number of nitrogens with zero attached hydrogens (tertiary/aromatic N) is 3. The van der Waals surface area contributed by atoms with Gasteiger partial charge in [0.1, 0.15) is 11.3 Å². The van der Waals surface area contributed by atoms with Gasteiger partial charge in [-0.05, 0) is 82.9 Å². The predicted molar refractivity (Wildman–Crippen MR) is 141 cm³/mol. The highest BCUT2D eigenvalue weighted by Gasteiger charge is 2.32. The number of aliphatic hydroxyl groups excluding tert-OH is 1. The number of piperidine rings is 1. The summed E-state index contributed by atoms with van der Waals surface area (Å²) >= 11 is 0. The molecule has 0 unspecified atom stereocenters. The molecule has 204 valence electrons. The van der Waals surface area contributed by atoms with Gasteiger partial charge in [0.25, 0.3) is 0 Å². The van der Waals surface area contributed by atoms with Crippen molar-refractivity contribution in [2.75, 3.05) is 19.7 Å². The highest BCUT2D eigenvalue weighted by Crippen LogP contribution is 2.35. The van der Waals surface area contributed by atoms with Crippen LogP contribution < -0.4 is 0 Å². The van der Waals surface area contributed by atoms with Gasteiger partial charge in [-0.3, -0.25) is 4.90 Å². The first kappa shape index (κ1) is 27.7. The highest BCUT2D eigenvalue weighted by atomic mass is 19.4. The molecule has 0 saturated carbocycles. The first-order valence-corrected chi connectivity index (χ1v) is 12.9. The Kier molecular flexibility index (Phi) is 7.88. The van der Waals surface area contributed by atoms with Gasteiger partial charge in [0.15, 0.2) is 5.76 Å². The standard InChI is InChI=1S/C29H34F3N3O3/c1-6-38-28(37)26-18(3)33-25(27(26)36)16-22-15-17(2)35(20(22)5)24-11-13-34(14-12-24)19(4)21-7-9-23(10-8-21)29(30,31)32/h7-10,15-16,19,24,36H,6,11-14H2,1-5H3/b25-16+/t19-/m0/s1. The quantitative estimate of drug-likeness (QED) is 0.422. The van der Waals surface area contributed by atoms with Crippen LogP contribution in [0.2, 0.25) is 0 Å². The normalized spacial score (nSPS) is 19.3. The van der Waals surface area contributed by atoms with E-state index in [2.05, 4.69) is 27.4 Å². The van der Waals surface area contributed by atoms with E-state index in [1.165, 1.54) is 0 Å². The van der Waals surface area contributed by atoms with Crippen molar-refractivity contribution in [1.29, 1.82) is 0 Å². The summed E-state index contributed by atoms with van der Waals surface area (Å²) in [7, 11) is 0. The number of aryl methyl sites for hydroxylation is 1. The van der Waals surface area contributed by atoms with Crippen LogP contribution in [0, 0.1) is 13.8 Å². The largest absolute Gasteiger partial charge is 0.505 e. The number of benzene rings is 1. The maximum atomic E-state index is 12.9. The molecule has 2 aromatic rings. The Labute approximate surface area is 221 Å². The number of aliphatic hydroxyl groups is 1. The molecule has 0 amide bonds. The Balaban J connectivity index is 1.47. The monoisotopic (exact) mass is 529 g/mol. The number of ether oxygens (including phenoxy) is 1. The Bertz CT molecular complexity index is 1290. The SMILES string of the molecule is CCOC(=O)C1=C(O)/C(=C\c2cc(C)n(C3CCN([C@@H](C)c4ccc(C(F)(F)F)cc4)CC3)c2C)N=C1C. The zero-order chi connectivity index (χ0) is 27.8. The molecule has 4 rings (SSSR count). The van der Waals surface area contributed by atoms with E-state index in [0.717, 1.165) is 60.6 Å². The second kappa shape index (κ2) is 10.8. The molecule has 2 aliphatic heterocycles. The summed E-state index contributed by atoms with van der Waals surface area (Å²) in [4.78, 5) is 18.9. The number of halogens is 3. The number of esters is 1. The molecule has 38 heavy (non-hydrogen) atoms.